The van der Waals surface area contributed by atoms with Crippen molar-refractivity contribution in [1.29, 1.82) is 0 Å². The second kappa shape index (κ2) is 6.94. The monoisotopic (exact) mass is 291 g/mol. The lowest BCUT2D eigenvalue weighted by Gasteiger charge is -2.30. The predicted molar refractivity (Wildman–Crippen MR) is 83.1 cm³/mol. The minimum atomic E-state index is -0.432. The van der Waals surface area contributed by atoms with Gasteiger partial charge in [0.15, 0.2) is 5.78 Å². The first kappa shape index (κ1) is 15.8. The summed E-state index contributed by atoms with van der Waals surface area (Å²) in [5, 5.41) is 0. The van der Waals surface area contributed by atoms with Gasteiger partial charge in [-0.3, -0.25) is 4.79 Å². The molecule has 1 saturated carbocycles. The molecule has 0 aromatic heterocycles. The normalized spacial score (nSPS) is 17.9. The lowest BCUT2D eigenvalue weighted by Crippen LogP contribution is -2.38. The molecule has 1 fully saturated rings. The molecule has 2 N–H and O–H groups in total. The van der Waals surface area contributed by atoms with Crippen LogP contribution in [0.25, 0.3) is 0 Å². The molecular weight excluding hydrogens is 266 g/mol. The van der Waals surface area contributed by atoms with E-state index in [4.69, 9.17) is 15.2 Å². The Morgan fingerprint density at radius 3 is 2.33 bits per heavy atom. The molecule has 4 nitrogen and oxygen atoms in total. The van der Waals surface area contributed by atoms with E-state index in [1.165, 1.54) is 12.8 Å². The second-order valence-corrected chi connectivity index (χ2v) is 5.79. The van der Waals surface area contributed by atoms with Crippen LogP contribution in [0.1, 0.15) is 48.9 Å². The van der Waals surface area contributed by atoms with Gasteiger partial charge >= 0.3 is 0 Å². The number of methoxy groups -OCH3 is 2. The number of benzene rings is 1. The van der Waals surface area contributed by atoms with Crippen LogP contribution in [-0.4, -0.2) is 26.5 Å². The van der Waals surface area contributed by atoms with E-state index in [2.05, 4.69) is 0 Å². The standard InChI is InChI=1S/C17H25NO3/c1-20-13-7-8-14(15(11-13)21-2)16(19)17(12-18)9-5-3-4-6-10-17/h7-8,11H,3-6,9-10,12,18H2,1-2H3. The van der Waals surface area contributed by atoms with Gasteiger partial charge in [0.1, 0.15) is 11.5 Å². The van der Waals surface area contributed by atoms with E-state index in [1.807, 2.05) is 0 Å². The van der Waals surface area contributed by atoms with Gasteiger partial charge in [-0.05, 0) is 25.0 Å². The fraction of sp³-hybridized carbons (Fsp3) is 0.588. The van der Waals surface area contributed by atoms with Gasteiger partial charge in [-0.15, -0.1) is 0 Å². The molecule has 0 aliphatic heterocycles. The van der Waals surface area contributed by atoms with E-state index in [0.717, 1.165) is 25.7 Å². The average molecular weight is 291 g/mol. The molecule has 1 aliphatic carbocycles. The smallest absolute Gasteiger partial charge is 0.173 e. The van der Waals surface area contributed by atoms with Gasteiger partial charge in [0.25, 0.3) is 0 Å². The summed E-state index contributed by atoms with van der Waals surface area (Å²) in [6.07, 6.45) is 6.27. The largest absolute Gasteiger partial charge is 0.497 e. The number of rotatable bonds is 5. The molecule has 1 aromatic rings. The van der Waals surface area contributed by atoms with Crippen LogP contribution in [0.2, 0.25) is 0 Å². The van der Waals surface area contributed by atoms with Crippen LogP contribution in [0, 0.1) is 5.41 Å². The molecule has 1 aromatic carbocycles. The van der Waals surface area contributed by atoms with Crippen molar-refractivity contribution < 1.29 is 14.3 Å². The molecule has 0 bridgehead atoms. The molecule has 0 atom stereocenters. The van der Waals surface area contributed by atoms with Crippen molar-refractivity contribution in [2.45, 2.75) is 38.5 Å². The molecule has 2 rings (SSSR count). The molecule has 1 aliphatic rings. The third-order valence-electron chi connectivity index (χ3n) is 4.59. The van der Waals surface area contributed by atoms with Crippen molar-refractivity contribution in [2.75, 3.05) is 20.8 Å². The average Bonchev–Trinajstić information content (AvgIpc) is 2.80. The highest BCUT2D eigenvalue weighted by Crippen LogP contribution is 2.39. The summed E-state index contributed by atoms with van der Waals surface area (Å²) in [6, 6.07) is 5.35. The first-order valence-corrected chi connectivity index (χ1v) is 7.64. The molecular formula is C17H25NO3. The highest BCUT2D eigenvalue weighted by molar-refractivity contribution is 6.03. The third kappa shape index (κ3) is 3.21. The van der Waals surface area contributed by atoms with Crippen LogP contribution in [0.5, 0.6) is 11.5 Å². The molecule has 116 valence electrons. The summed E-state index contributed by atoms with van der Waals surface area (Å²) in [5.74, 6) is 1.37. The number of carbonyl (C=O) groups is 1. The fourth-order valence-electron chi connectivity index (χ4n) is 3.20. The molecule has 4 heteroatoms. The zero-order valence-electron chi connectivity index (χ0n) is 13.0. The minimum absolute atomic E-state index is 0.117. The summed E-state index contributed by atoms with van der Waals surface area (Å²) in [4.78, 5) is 13.1. The van der Waals surface area contributed by atoms with Crippen LogP contribution in [0.4, 0.5) is 0 Å². The maximum Gasteiger partial charge on any atom is 0.173 e. The van der Waals surface area contributed by atoms with E-state index in [1.54, 1.807) is 32.4 Å². The van der Waals surface area contributed by atoms with E-state index < -0.39 is 5.41 Å². The Morgan fingerprint density at radius 1 is 1.14 bits per heavy atom. The lowest BCUT2D eigenvalue weighted by molar-refractivity contribution is 0.0771. The molecule has 0 amide bonds. The molecule has 21 heavy (non-hydrogen) atoms. The Morgan fingerprint density at radius 2 is 1.81 bits per heavy atom. The topological polar surface area (TPSA) is 61.5 Å². The summed E-state index contributed by atoms with van der Waals surface area (Å²) in [7, 11) is 3.18. The first-order chi connectivity index (χ1) is 10.2. The van der Waals surface area contributed by atoms with Gasteiger partial charge in [0.2, 0.25) is 0 Å². The van der Waals surface area contributed by atoms with Crippen molar-refractivity contribution in [3.63, 3.8) is 0 Å². The van der Waals surface area contributed by atoms with E-state index in [-0.39, 0.29) is 5.78 Å². The van der Waals surface area contributed by atoms with Crippen molar-refractivity contribution in [3.8, 4) is 11.5 Å². The Bertz CT molecular complexity index is 491. The molecule has 0 unspecified atom stereocenters. The maximum atomic E-state index is 13.1. The Hall–Kier alpha value is -1.55. The van der Waals surface area contributed by atoms with Crippen LogP contribution in [-0.2, 0) is 0 Å². The van der Waals surface area contributed by atoms with Crippen molar-refractivity contribution in [2.24, 2.45) is 11.1 Å². The zero-order chi connectivity index (χ0) is 15.3. The SMILES string of the molecule is COc1ccc(C(=O)C2(CN)CCCCCC2)c(OC)c1. The van der Waals surface area contributed by atoms with Gasteiger partial charge in [-0.25, -0.2) is 0 Å². The Labute approximate surface area is 126 Å². The second-order valence-electron chi connectivity index (χ2n) is 5.79. The van der Waals surface area contributed by atoms with Crippen molar-refractivity contribution in [1.82, 2.24) is 0 Å². The summed E-state index contributed by atoms with van der Waals surface area (Å²) < 4.78 is 10.6. The Kier molecular flexibility index (Phi) is 5.23. The van der Waals surface area contributed by atoms with Gasteiger partial charge in [-0.1, -0.05) is 25.7 Å². The quantitative estimate of drug-likeness (QED) is 0.668. The molecule has 0 saturated heterocycles. The molecule has 0 radical (unpaired) electrons. The van der Waals surface area contributed by atoms with Gasteiger partial charge in [0, 0.05) is 18.0 Å². The van der Waals surface area contributed by atoms with Gasteiger partial charge in [-0.2, -0.15) is 0 Å². The van der Waals surface area contributed by atoms with Crippen LogP contribution >= 0.6 is 0 Å². The van der Waals surface area contributed by atoms with E-state index in [0.29, 0.717) is 23.6 Å². The maximum absolute atomic E-state index is 13.1. The molecule has 0 spiro atoms. The lowest BCUT2D eigenvalue weighted by atomic mass is 9.74. The number of ether oxygens (including phenoxy) is 2. The highest BCUT2D eigenvalue weighted by atomic mass is 16.5. The highest BCUT2D eigenvalue weighted by Gasteiger charge is 2.38. The zero-order valence-corrected chi connectivity index (χ0v) is 13.0. The minimum Gasteiger partial charge on any atom is -0.497 e. The third-order valence-corrected chi connectivity index (χ3v) is 4.59. The van der Waals surface area contributed by atoms with Crippen molar-refractivity contribution >= 4 is 5.78 Å². The first-order valence-electron chi connectivity index (χ1n) is 7.64. The number of hydrogen-bond acceptors (Lipinski definition) is 4. The number of Topliss-reactive ketones (excluding diaryl/α,β-unsaturated/α-hetero) is 1. The van der Waals surface area contributed by atoms with E-state index in [9.17, 15) is 4.79 Å². The fourth-order valence-corrected chi connectivity index (χ4v) is 3.20. The Balaban J connectivity index is 2.36. The summed E-state index contributed by atoms with van der Waals surface area (Å²) in [5.41, 5.74) is 6.19. The summed E-state index contributed by atoms with van der Waals surface area (Å²) >= 11 is 0. The number of carbonyl (C=O) groups excluding carboxylic acids is 1. The van der Waals surface area contributed by atoms with Crippen LogP contribution < -0.4 is 15.2 Å². The predicted octanol–water partition coefficient (Wildman–Crippen LogP) is 3.19. The van der Waals surface area contributed by atoms with Crippen molar-refractivity contribution in [3.05, 3.63) is 23.8 Å². The van der Waals surface area contributed by atoms with Gasteiger partial charge < -0.3 is 15.2 Å². The number of nitrogens with two attached hydrogens (primary N) is 1. The van der Waals surface area contributed by atoms with Crippen LogP contribution in [0.15, 0.2) is 18.2 Å². The number of hydrogen-bond donors (Lipinski definition) is 1. The number of ketones is 1. The molecule has 0 heterocycles. The van der Waals surface area contributed by atoms with Crippen LogP contribution in [0.3, 0.4) is 0 Å². The van der Waals surface area contributed by atoms with E-state index >= 15 is 0 Å². The van der Waals surface area contributed by atoms with Gasteiger partial charge in [0.05, 0.1) is 19.8 Å². The summed E-state index contributed by atoms with van der Waals surface area (Å²) in [6.45, 7) is 0.404.